The lowest BCUT2D eigenvalue weighted by atomic mass is 10.2. The van der Waals surface area contributed by atoms with Crippen molar-refractivity contribution in [2.75, 3.05) is 6.61 Å². The summed E-state index contributed by atoms with van der Waals surface area (Å²) in [6.45, 7) is 2.73. The van der Waals surface area contributed by atoms with Crippen LogP contribution in [0.15, 0.2) is 6.07 Å². The van der Waals surface area contributed by atoms with Gasteiger partial charge in [0, 0.05) is 6.07 Å². The molecule has 100 valence electrons. The number of esters is 1. The van der Waals surface area contributed by atoms with Crippen LogP contribution in [0.5, 0.6) is 11.6 Å². The Balaban J connectivity index is 3.21. The van der Waals surface area contributed by atoms with Gasteiger partial charge in [0.15, 0.2) is 0 Å². The number of carbonyl (C=O) groups is 1. The Bertz CT molecular complexity index is 459. The quantitative estimate of drug-likeness (QED) is 0.848. The molecule has 0 unspecified atom stereocenters. The first-order valence-electron chi connectivity index (χ1n) is 4.88. The van der Waals surface area contributed by atoms with Gasteiger partial charge in [-0.2, -0.15) is 0 Å². The molecule has 0 aliphatic heterocycles. The van der Waals surface area contributed by atoms with Crippen LogP contribution in [-0.4, -0.2) is 29.0 Å². The third-order valence-corrected chi connectivity index (χ3v) is 1.86. The molecule has 8 heteroatoms. The van der Waals surface area contributed by atoms with E-state index in [0.717, 1.165) is 6.07 Å². The van der Waals surface area contributed by atoms with Crippen molar-refractivity contribution in [1.82, 2.24) is 4.98 Å². The second-order valence-electron chi connectivity index (χ2n) is 3.21. The van der Waals surface area contributed by atoms with E-state index in [1.807, 2.05) is 0 Å². The highest BCUT2D eigenvalue weighted by Gasteiger charge is 2.34. The molecule has 0 fully saturated rings. The largest absolute Gasteiger partial charge is 0.574 e. The predicted molar refractivity (Wildman–Crippen MR) is 53.3 cm³/mol. The summed E-state index contributed by atoms with van der Waals surface area (Å²) in [4.78, 5) is 14.8. The highest BCUT2D eigenvalue weighted by molar-refractivity contribution is 5.92. The van der Waals surface area contributed by atoms with E-state index >= 15 is 0 Å². The van der Waals surface area contributed by atoms with Crippen LogP contribution in [-0.2, 0) is 4.74 Å². The molecule has 0 aliphatic carbocycles. The van der Waals surface area contributed by atoms with Crippen molar-refractivity contribution >= 4 is 5.97 Å². The van der Waals surface area contributed by atoms with Gasteiger partial charge in [-0.05, 0) is 13.8 Å². The summed E-state index contributed by atoms with van der Waals surface area (Å²) in [5, 5.41) is 9.33. The molecule has 0 spiro atoms. The van der Waals surface area contributed by atoms with Crippen molar-refractivity contribution in [3.05, 3.63) is 17.3 Å². The molecule has 0 saturated carbocycles. The Labute approximate surface area is 100 Å². The smallest absolute Gasteiger partial charge is 0.506 e. The van der Waals surface area contributed by atoms with E-state index in [9.17, 15) is 23.1 Å². The standard InChI is InChI=1S/C10H10F3NO4/c1-3-17-9(16)6-4-7(15)5(2)14-8(6)18-10(11,12)13/h4,15H,3H2,1-2H3. The number of aromatic hydroxyl groups is 1. The first-order valence-corrected chi connectivity index (χ1v) is 4.88. The first-order chi connectivity index (χ1) is 8.24. The van der Waals surface area contributed by atoms with Gasteiger partial charge in [0.1, 0.15) is 11.3 Å². The molecule has 1 N–H and O–H groups in total. The zero-order valence-electron chi connectivity index (χ0n) is 9.54. The lowest BCUT2D eigenvalue weighted by Crippen LogP contribution is -2.21. The van der Waals surface area contributed by atoms with Gasteiger partial charge in [-0.25, -0.2) is 9.78 Å². The third kappa shape index (κ3) is 3.51. The first kappa shape index (κ1) is 14.1. The molecule has 0 bridgehead atoms. The number of hydrogen-bond donors (Lipinski definition) is 1. The molecule has 0 saturated heterocycles. The van der Waals surface area contributed by atoms with Crippen LogP contribution in [0.4, 0.5) is 13.2 Å². The summed E-state index contributed by atoms with van der Waals surface area (Å²) in [6.07, 6.45) is -4.99. The van der Waals surface area contributed by atoms with Crippen molar-refractivity contribution < 1.29 is 32.5 Å². The topological polar surface area (TPSA) is 68.7 Å². The predicted octanol–water partition coefficient (Wildman–Crippen LogP) is 2.17. The minimum absolute atomic E-state index is 0.0288. The summed E-state index contributed by atoms with van der Waals surface area (Å²) in [5.41, 5.74) is -0.681. The van der Waals surface area contributed by atoms with Gasteiger partial charge in [-0.15, -0.1) is 13.2 Å². The molecular formula is C10H10F3NO4. The Morgan fingerprint density at radius 3 is 2.61 bits per heavy atom. The third-order valence-electron chi connectivity index (χ3n) is 1.86. The SMILES string of the molecule is CCOC(=O)c1cc(O)c(C)nc1OC(F)(F)F. The molecular weight excluding hydrogens is 255 g/mol. The van der Waals surface area contributed by atoms with Crippen LogP contribution in [0, 0.1) is 6.92 Å². The van der Waals surface area contributed by atoms with E-state index in [0.29, 0.717) is 0 Å². The van der Waals surface area contributed by atoms with Gasteiger partial charge in [0.25, 0.3) is 0 Å². The van der Waals surface area contributed by atoms with E-state index in [1.54, 1.807) is 0 Å². The number of hydrogen-bond acceptors (Lipinski definition) is 5. The molecule has 0 amide bonds. The molecule has 1 aromatic rings. The Morgan fingerprint density at radius 2 is 2.11 bits per heavy atom. The molecule has 0 aromatic carbocycles. The summed E-state index contributed by atoms with van der Waals surface area (Å²) >= 11 is 0. The zero-order valence-corrected chi connectivity index (χ0v) is 9.54. The summed E-state index contributed by atoms with van der Waals surface area (Å²) < 4.78 is 44.5. The van der Waals surface area contributed by atoms with Gasteiger partial charge in [0.05, 0.1) is 12.3 Å². The van der Waals surface area contributed by atoms with Crippen LogP contribution in [0.25, 0.3) is 0 Å². The van der Waals surface area contributed by atoms with E-state index in [1.165, 1.54) is 13.8 Å². The number of nitrogens with zero attached hydrogens (tertiary/aromatic N) is 1. The van der Waals surface area contributed by atoms with E-state index in [4.69, 9.17) is 0 Å². The minimum Gasteiger partial charge on any atom is -0.506 e. The normalized spacial score (nSPS) is 11.2. The maximum Gasteiger partial charge on any atom is 0.574 e. The summed E-state index contributed by atoms with van der Waals surface area (Å²) in [7, 11) is 0. The summed E-state index contributed by atoms with van der Waals surface area (Å²) in [5.74, 6) is -2.43. The molecule has 0 atom stereocenters. The maximum atomic E-state index is 12.1. The van der Waals surface area contributed by atoms with Gasteiger partial charge in [-0.3, -0.25) is 0 Å². The van der Waals surface area contributed by atoms with E-state index in [-0.39, 0.29) is 12.3 Å². The highest BCUT2D eigenvalue weighted by Crippen LogP contribution is 2.29. The Hall–Kier alpha value is -1.99. The monoisotopic (exact) mass is 265 g/mol. The zero-order chi connectivity index (χ0) is 13.9. The molecule has 5 nitrogen and oxygen atoms in total. The second kappa shape index (κ2) is 5.11. The van der Waals surface area contributed by atoms with Gasteiger partial charge >= 0.3 is 12.3 Å². The minimum atomic E-state index is -4.99. The number of halogens is 3. The van der Waals surface area contributed by atoms with Crippen LogP contribution >= 0.6 is 0 Å². The second-order valence-corrected chi connectivity index (χ2v) is 3.21. The lowest BCUT2D eigenvalue weighted by Gasteiger charge is -2.12. The molecule has 1 rings (SSSR count). The van der Waals surface area contributed by atoms with Gasteiger partial charge in [-0.1, -0.05) is 0 Å². The number of pyridine rings is 1. The fraction of sp³-hybridized carbons (Fsp3) is 0.400. The molecule has 18 heavy (non-hydrogen) atoms. The van der Waals surface area contributed by atoms with Gasteiger partial charge < -0.3 is 14.6 Å². The summed E-state index contributed by atoms with van der Waals surface area (Å²) in [6, 6.07) is 0.821. The Morgan fingerprint density at radius 1 is 1.50 bits per heavy atom. The van der Waals surface area contributed by atoms with Crippen LogP contribution in [0.2, 0.25) is 0 Å². The van der Waals surface area contributed by atoms with Crippen LogP contribution in [0.3, 0.4) is 0 Å². The maximum absolute atomic E-state index is 12.1. The van der Waals surface area contributed by atoms with Crippen molar-refractivity contribution in [3.8, 4) is 11.6 Å². The number of rotatable bonds is 3. The number of aryl methyl sites for hydroxylation is 1. The van der Waals surface area contributed by atoms with Crippen molar-refractivity contribution in [3.63, 3.8) is 0 Å². The highest BCUT2D eigenvalue weighted by atomic mass is 19.4. The molecule has 0 radical (unpaired) electrons. The number of alkyl halides is 3. The van der Waals surface area contributed by atoms with Gasteiger partial charge in [0.2, 0.25) is 5.88 Å². The molecule has 1 heterocycles. The van der Waals surface area contributed by atoms with Crippen molar-refractivity contribution in [2.45, 2.75) is 20.2 Å². The fourth-order valence-corrected chi connectivity index (χ4v) is 1.12. The van der Waals surface area contributed by atoms with E-state index < -0.39 is 29.5 Å². The number of ether oxygens (including phenoxy) is 2. The van der Waals surface area contributed by atoms with E-state index in [2.05, 4.69) is 14.5 Å². The van der Waals surface area contributed by atoms with Crippen LogP contribution < -0.4 is 4.74 Å². The molecule has 0 aliphatic rings. The lowest BCUT2D eigenvalue weighted by molar-refractivity contribution is -0.276. The van der Waals surface area contributed by atoms with Crippen molar-refractivity contribution in [1.29, 1.82) is 0 Å². The average Bonchev–Trinajstić information content (AvgIpc) is 2.21. The molecule has 1 aromatic heterocycles. The number of carbonyl (C=O) groups excluding carboxylic acids is 1. The van der Waals surface area contributed by atoms with Crippen molar-refractivity contribution in [2.24, 2.45) is 0 Å². The average molecular weight is 265 g/mol. The van der Waals surface area contributed by atoms with Crippen LogP contribution in [0.1, 0.15) is 23.0 Å². The Kier molecular flexibility index (Phi) is 4.00. The fourth-order valence-electron chi connectivity index (χ4n) is 1.12. The number of aromatic nitrogens is 1.